The SMILES string of the molecule is O=C(O)C1COCCN1Cc1nccn1C(F)F. The average Bonchev–Trinajstić information content (AvgIpc) is 2.77. The van der Waals surface area contributed by atoms with E-state index in [0.29, 0.717) is 13.2 Å². The highest BCUT2D eigenvalue weighted by atomic mass is 19.3. The Hall–Kier alpha value is -1.54. The third-order valence-corrected chi connectivity index (χ3v) is 2.83. The van der Waals surface area contributed by atoms with Gasteiger partial charge in [-0.25, -0.2) is 4.98 Å². The summed E-state index contributed by atoms with van der Waals surface area (Å²) in [6, 6.07) is -0.818. The summed E-state index contributed by atoms with van der Waals surface area (Å²) >= 11 is 0. The lowest BCUT2D eigenvalue weighted by Crippen LogP contribution is -2.49. The molecule has 1 aromatic heterocycles. The second kappa shape index (κ2) is 5.40. The number of carbonyl (C=O) groups is 1. The van der Waals surface area contributed by atoms with Crippen LogP contribution >= 0.6 is 0 Å². The summed E-state index contributed by atoms with van der Waals surface area (Å²) < 4.78 is 31.1. The predicted molar refractivity (Wildman–Crippen MR) is 56.1 cm³/mol. The van der Waals surface area contributed by atoms with Crippen LogP contribution in [0.25, 0.3) is 0 Å². The van der Waals surface area contributed by atoms with Gasteiger partial charge in [-0.15, -0.1) is 0 Å². The molecule has 0 amide bonds. The average molecular weight is 261 g/mol. The van der Waals surface area contributed by atoms with E-state index < -0.39 is 18.6 Å². The minimum Gasteiger partial charge on any atom is -0.480 e. The molecular weight excluding hydrogens is 248 g/mol. The van der Waals surface area contributed by atoms with Crippen LogP contribution in [0.4, 0.5) is 8.78 Å². The van der Waals surface area contributed by atoms with Gasteiger partial charge in [0.25, 0.3) is 0 Å². The van der Waals surface area contributed by atoms with Gasteiger partial charge in [-0.1, -0.05) is 0 Å². The molecule has 0 aliphatic carbocycles. The predicted octanol–water partition coefficient (Wildman–Crippen LogP) is 0.564. The number of hydrogen-bond acceptors (Lipinski definition) is 4. The van der Waals surface area contributed by atoms with Crippen LogP contribution in [-0.2, 0) is 16.1 Å². The summed E-state index contributed by atoms with van der Waals surface area (Å²) in [7, 11) is 0. The Bertz CT molecular complexity index is 424. The van der Waals surface area contributed by atoms with Gasteiger partial charge in [-0.3, -0.25) is 14.3 Å². The highest BCUT2D eigenvalue weighted by molar-refractivity contribution is 5.73. The van der Waals surface area contributed by atoms with E-state index >= 15 is 0 Å². The number of carboxylic acids is 1. The van der Waals surface area contributed by atoms with Gasteiger partial charge < -0.3 is 9.84 Å². The summed E-state index contributed by atoms with van der Waals surface area (Å²) in [5.74, 6) is -0.872. The van der Waals surface area contributed by atoms with Gasteiger partial charge >= 0.3 is 12.5 Å². The standard InChI is InChI=1S/C10H13F2N3O3/c11-10(12)15-2-1-13-8(15)5-14-3-4-18-6-7(14)9(16)17/h1-2,7,10H,3-6H2,(H,16,17). The van der Waals surface area contributed by atoms with Crippen molar-refractivity contribution in [2.24, 2.45) is 0 Å². The molecule has 6 nitrogen and oxygen atoms in total. The van der Waals surface area contributed by atoms with Crippen molar-refractivity contribution in [3.8, 4) is 0 Å². The molecule has 100 valence electrons. The molecule has 0 bridgehead atoms. The maximum Gasteiger partial charge on any atom is 0.323 e. The molecule has 0 saturated carbocycles. The zero-order valence-corrected chi connectivity index (χ0v) is 9.50. The number of imidazole rings is 1. The lowest BCUT2D eigenvalue weighted by molar-refractivity contribution is -0.150. The first-order chi connectivity index (χ1) is 8.59. The minimum absolute atomic E-state index is 0.0602. The maximum absolute atomic E-state index is 12.6. The molecule has 1 atom stereocenters. The monoisotopic (exact) mass is 261 g/mol. The van der Waals surface area contributed by atoms with Crippen LogP contribution in [0.2, 0.25) is 0 Å². The Morgan fingerprint density at radius 1 is 1.67 bits per heavy atom. The summed E-state index contributed by atoms with van der Waals surface area (Å²) in [6.07, 6.45) is 2.45. The van der Waals surface area contributed by atoms with Gasteiger partial charge in [-0.05, 0) is 0 Å². The van der Waals surface area contributed by atoms with E-state index in [1.807, 2.05) is 0 Å². The fourth-order valence-corrected chi connectivity index (χ4v) is 1.88. The van der Waals surface area contributed by atoms with Crippen molar-refractivity contribution in [2.75, 3.05) is 19.8 Å². The molecule has 2 heterocycles. The second-order valence-electron chi connectivity index (χ2n) is 3.93. The van der Waals surface area contributed by atoms with Crippen molar-refractivity contribution in [3.63, 3.8) is 0 Å². The van der Waals surface area contributed by atoms with E-state index in [-0.39, 0.29) is 19.0 Å². The number of ether oxygens (including phenoxy) is 1. The first-order valence-electron chi connectivity index (χ1n) is 5.44. The Labute approximate surface area is 102 Å². The fraction of sp³-hybridized carbons (Fsp3) is 0.600. The number of morpholine rings is 1. The highest BCUT2D eigenvalue weighted by Gasteiger charge is 2.30. The van der Waals surface area contributed by atoms with E-state index in [2.05, 4.69) is 4.98 Å². The Balaban J connectivity index is 2.11. The van der Waals surface area contributed by atoms with Crippen molar-refractivity contribution in [2.45, 2.75) is 19.1 Å². The third kappa shape index (κ3) is 2.65. The van der Waals surface area contributed by atoms with E-state index in [0.717, 1.165) is 4.57 Å². The molecule has 1 saturated heterocycles. The topological polar surface area (TPSA) is 67.6 Å². The molecule has 1 fully saturated rings. The van der Waals surface area contributed by atoms with E-state index in [1.165, 1.54) is 12.4 Å². The van der Waals surface area contributed by atoms with Gasteiger partial charge in [0.15, 0.2) is 0 Å². The summed E-state index contributed by atoms with van der Waals surface area (Å²) in [5, 5.41) is 9.02. The molecule has 1 N–H and O–H groups in total. The molecule has 18 heavy (non-hydrogen) atoms. The molecular formula is C10H13F2N3O3. The van der Waals surface area contributed by atoms with E-state index in [1.54, 1.807) is 4.90 Å². The third-order valence-electron chi connectivity index (χ3n) is 2.83. The van der Waals surface area contributed by atoms with Crippen molar-refractivity contribution < 1.29 is 23.4 Å². The van der Waals surface area contributed by atoms with Gasteiger partial charge in [0.05, 0.1) is 19.8 Å². The van der Waals surface area contributed by atoms with Gasteiger partial charge in [-0.2, -0.15) is 8.78 Å². The fourth-order valence-electron chi connectivity index (χ4n) is 1.88. The summed E-state index contributed by atoms with van der Waals surface area (Å²) in [6.45, 7) is -1.78. The molecule has 1 unspecified atom stereocenters. The molecule has 0 aromatic carbocycles. The van der Waals surface area contributed by atoms with E-state index in [4.69, 9.17) is 9.84 Å². The smallest absolute Gasteiger partial charge is 0.323 e. The second-order valence-corrected chi connectivity index (χ2v) is 3.93. The van der Waals surface area contributed by atoms with Crippen LogP contribution in [0.3, 0.4) is 0 Å². The number of carboxylic acid groups (broad SMARTS) is 1. The summed E-state index contributed by atoms with van der Waals surface area (Å²) in [4.78, 5) is 16.4. The first-order valence-corrected chi connectivity index (χ1v) is 5.44. The molecule has 1 aromatic rings. The van der Waals surface area contributed by atoms with Gasteiger partial charge in [0.1, 0.15) is 11.9 Å². The van der Waals surface area contributed by atoms with Gasteiger partial charge in [0, 0.05) is 18.9 Å². The lowest BCUT2D eigenvalue weighted by Gasteiger charge is -2.32. The number of aromatic nitrogens is 2. The molecule has 1 aliphatic heterocycles. The maximum atomic E-state index is 12.6. The van der Waals surface area contributed by atoms with Crippen molar-refractivity contribution in [1.29, 1.82) is 0 Å². The normalized spacial score (nSPS) is 21.4. The largest absolute Gasteiger partial charge is 0.480 e. The quantitative estimate of drug-likeness (QED) is 0.858. The molecule has 1 aliphatic rings. The number of rotatable bonds is 4. The number of halogens is 2. The Morgan fingerprint density at radius 3 is 3.11 bits per heavy atom. The van der Waals surface area contributed by atoms with Crippen LogP contribution < -0.4 is 0 Å². The minimum atomic E-state index is -2.67. The summed E-state index contributed by atoms with van der Waals surface area (Å²) in [5.41, 5.74) is 0. The first kappa shape index (κ1) is 12.9. The van der Waals surface area contributed by atoms with Crippen molar-refractivity contribution >= 4 is 5.97 Å². The van der Waals surface area contributed by atoms with Crippen LogP contribution in [0, 0.1) is 0 Å². The Morgan fingerprint density at radius 2 is 2.44 bits per heavy atom. The zero-order chi connectivity index (χ0) is 13.1. The van der Waals surface area contributed by atoms with Gasteiger partial charge in [0.2, 0.25) is 0 Å². The van der Waals surface area contributed by atoms with Crippen molar-refractivity contribution in [3.05, 3.63) is 18.2 Å². The zero-order valence-electron chi connectivity index (χ0n) is 9.50. The van der Waals surface area contributed by atoms with Crippen LogP contribution in [0.1, 0.15) is 12.4 Å². The highest BCUT2D eigenvalue weighted by Crippen LogP contribution is 2.16. The number of alkyl halides is 2. The van der Waals surface area contributed by atoms with E-state index in [9.17, 15) is 13.6 Å². The Kier molecular flexibility index (Phi) is 3.87. The number of aliphatic carboxylic acids is 1. The van der Waals surface area contributed by atoms with Crippen molar-refractivity contribution in [1.82, 2.24) is 14.5 Å². The van der Waals surface area contributed by atoms with Crippen LogP contribution in [-0.4, -0.2) is 51.3 Å². The number of hydrogen-bond donors (Lipinski definition) is 1. The molecule has 0 spiro atoms. The number of nitrogens with zero attached hydrogens (tertiary/aromatic N) is 3. The van der Waals surface area contributed by atoms with Crippen LogP contribution in [0.5, 0.6) is 0 Å². The molecule has 0 radical (unpaired) electrons. The lowest BCUT2D eigenvalue weighted by atomic mass is 10.2. The van der Waals surface area contributed by atoms with Crippen LogP contribution in [0.15, 0.2) is 12.4 Å². The molecule has 8 heteroatoms. The molecule has 2 rings (SSSR count).